The minimum absolute atomic E-state index is 0.0168. The summed E-state index contributed by atoms with van der Waals surface area (Å²) in [5.74, 6) is 0.0773. The second kappa shape index (κ2) is 5.46. The van der Waals surface area contributed by atoms with Gasteiger partial charge in [0, 0.05) is 17.8 Å². The smallest absolute Gasteiger partial charge is 0.282 e. The van der Waals surface area contributed by atoms with Crippen molar-refractivity contribution in [3.05, 3.63) is 11.9 Å². The molecule has 5 rings (SSSR count). The second-order valence-electron chi connectivity index (χ2n) is 8.14. The second-order valence-corrected chi connectivity index (χ2v) is 8.14. The third-order valence-electron chi connectivity index (χ3n) is 6.18. The van der Waals surface area contributed by atoms with Crippen molar-refractivity contribution >= 4 is 12.1 Å². The summed E-state index contributed by atoms with van der Waals surface area (Å²) in [7, 11) is 0. The number of carbonyl (C=O) groups excluding carboxylic acids is 1. The van der Waals surface area contributed by atoms with Crippen LogP contribution in [0.15, 0.2) is 16.9 Å². The summed E-state index contributed by atoms with van der Waals surface area (Å²) in [4.78, 5) is 16.5. The van der Waals surface area contributed by atoms with Gasteiger partial charge in [-0.1, -0.05) is 6.92 Å². The molecule has 0 aromatic heterocycles. The fraction of sp³-hybridized carbons (Fsp3) is 0.765. The molecule has 4 saturated carbocycles. The minimum Gasteiger partial charge on any atom is -0.393 e. The van der Waals surface area contributed by atoms with E-state index in [-0.39, 0.29) is 17.7 Å². The Morgan fingerprint density at radius 2 is 2.17 bits per heavy atom. The highest BCUT2D eigenvalue weighted by Crippen LogP contribution is 2.57. The van der Waals surface area contributed by atoms with Gasteiger partial charge in [0.2, 0.25) is 0 Å². The Kier molecular flexibility index (Phi) is 3.61. The summed E-state index contributed by atoms with van der Waals surface area (Å²) < 4.78 is 0. The first-order valence-corrected chi connectivity index (χ1v) is 8.97. The summed E-state index contributed by atoms with van der Waals surface area (Å²) >= 11 is 0. The Morgan fingerprint density at radius 1 is 1.42 bits per heavy atom. The number of carbonyl (C=O) groups is 1. The van der Waals surface area contributed by atoms with Gasteiger partial charge >= 0.3 is 0 Å². The molecule has 4 atom stereocenters. The molecular weight excluding hydrogens is 306 g/mol. The Labute approximate surface area is 142 Å². The van der Waals surface area contributed by atoms with E-state index < -0.39 is 11.7 Å². The van der Waals surface area contributed by atoms with E-state index in [1.54, 1.807) is 6.21 Å². The first-order chi connectivity index (χ1) is 11.4. The SMILES string of the molecule is C[C@@H]1CC[C@@H](NC2=CC=NC(NC34CC(C3)C4)(C(N)=O)N2)C[C@H]1O. The van der Waals surface area contributed by atoms with E-state index in [9.17, 15) is 9.90 Å². The van der Waals surface area contributed by atoms with E-state index in [0.717, 1.165) is 43.8 Å². The van der Waals surface area contributed by atoms with Crippen LogP contribution < -0.4 is 21.7 Å². The third kappa shape index (κ3) is 2.59. The van der Waals surface area contributed by atoms with Gasteiger partial charge in [0.1, 0.15) is 5.82 Å². The molecular formula is C17H27N5O2. The van der Waals surface area contributed by atoms with Crippen LogP contribution in [0.4, 0.5) is 0 Å². The van der Waals surface area contributed by atoms with Crippen LogP contribution in [0.25, 0.3) is 0 Å². The highest BCUT2D eigenvalue weighted by atomic mass is 16.3. The van der Waals surface area contributed by atoms with Crippen molar-refractivity contribution in [2.45, 2.75) is 68.9 Å². The van der Waals surface area contributed by atoms with Crippen molar-refractivity contribution in [3.8, 4) is 0 Å². The molecule has 0 radical (unpaired) electrons. The Bertz CT molecular complexity index is 587. The number of rotatable bonds is 5. The Hall–Kier alpha value is -1.60. The fourth-order valence-corrected chi connectivity index (χ4v) is 4.49. The molecule has 6 N–H and O–H groups in total. The van der Waals surface area contributed by atoms with Gasteiger partial charge in [-0.15, -0.1) is 0 Å². The lowest BCUT2D eigenvalue weighted by molar-refractivity contribution is -0.133. The number of allylic oxidation sites excluding steroid dienone is 1. The zero-order valence-electron chi connectivity index (χ0n) is 14.1. The van der Waals surface area contributed by atoms with Crippen LogP contribution in [0.2, 0.25) is 0 Å². The summed E-state index contributed by atoms with van der Waals surface area (Å²) in [6.45, 7) is 2.08. The number of aliphatic hydroxyl groups excluding tert-OH is 1. The first-order valence-electron chi connectivity index (χ1n) is 8.97. The van der Waals surface area contributed by atoms with Gasteiger partial charge in [0.25, 0.3) is 11.7 Å². The quantitative estimate of drug-likeness (QED) is 0.483. The fourth-order valence-electron chi connectivity index (χ4n) is 4.49. The number of nitrogens with one attached hydrogen (secondary N) is 3. The molecule has 1 aliphatic heterocycles. The Balaban J connectivity index is 1.43. The monoisotopic (exact) mass is 333 g/mol. The molecule has 7 nitrogen and oxygen atoms in total. The summed E-state index contributed by atoms with van der Waals surface area (Å²) in [6, 6.07) is 0.182. The van der Waals surface area contributed by atoms with E-state index in [0.29, 0.717) is 12.3 Å². The minimum atomic E-state index is -1.27. The van der Waals surface area contributed by atoms with Gasteiger partial charge in [-0.05, 0) is 56.4 Å². The Morgan fingerprint density at radius 3 is 2.75 bits per heavy atom. The predicted octanol–water partition coefficient (Wildman–Crippen LogP) is -0.0779. The molecule has 0 aromatic carbocycles. The lowest BCUT2D eigenvalue weighted by Crippen LogP contribution is -2.78. The standard InChI is InChI=1S/C17H27N5O2/c1-10-2-3-12(6-13(10)23)20-14-4-5-19-17(21-14,15(18)24)22-16-7-11(8-16)9-16/h4-5,10-13,20-23H,2-3,6-9H2,1H3,(H2,18,24)/t10-,11?,12-,13-,16?,17?/m1/s1. The maximum absolute atomic E-state index is 12.1. The summed E-state index contributed by atoms with van der Waals surface area (Å²) in [5, 5.41) is 20.0. The van der Waals surface area contributed by atoms with E-state index in [1.165, 1.54) is 0 Å². The number of aliphatic imine (C=N–C) groups is 1. The molecule has 1 unspecified atom stereocenters. The molecule has 1 heterocycles. The molecule has 5 aliphatic rings. The molecule has 2 bridgehead atoms. The van der Waals surface area contributed by atoms with Crippen molar-refractivity contribution in [1.82, 2.24) is 16.0 Å². The zero-order valence-corrected chi connectivity index (χ0v) is 14.1. The van der Waals surface area contributed by atoms with Gasteiger partial charge in [-0.2, -0.15) is 0 Å². The number of nitrogens with two attached hydrogens (primary N) is 1. The molecule has 4 fully saturated rings. The van der Waals surface area contributed by atoms with Crippen LogP contribution in [-0.2, 0) is 4.79 Å². The van der Waals surface area contributed by atoms with Crippen molar-refractivity contribution in [3.63, 3.8) is 0 Å². The third-order valence-corrected chi connectivity index (χ3v) is 6.18. The average molecular weight is 333 g/mol. The van der Waals surface area contributed by atoms with E-state index in [4.69, 9.17) is 5.73 Å². The van der Waals surface area contributed by atoms with Gasteiger partial charge in [0.15, 0.2) is 0 Å². The van der Waals surface area contributed by atoms with E-state index in [2.05, 4.69) is 27.9 Å². The number of primary amides is 1. The molecule has 4 aliphatic carbocycles. The van der Waals surface area contributed by atoms with Gasteiger partial charge in [-0.25, -0.2) is 4.99 Å². The van der Waals surface area contributed by atoms with Crippen LogP contribution >= 0.6 is 0 Å². The molecule has 24 heavy (non-hydrogen) atoms. The maximum atomic E-state index is 12.1. The summed E-state index contributed by atoms with van der Waals surface area (Å²) in [5.41, 5.74) is 5.69. The van der Waals surface area contributed by atoms with Crippen LogP contribution in [0, 0.1) is 11.8 Å². The van der Waals surface area contributed by atoms with Crippen LogP contribution in [-0.4, -0.2) is 40.7 Å². The predicted molar refractivity (Wildman–Crippen MR) is 90.8 cm³/mol. The van der Waals surface area contributed by atoms with Crippen molar-refractivity contribution in [1.29, 1.82) is 0 Å². The topological polar surface area (TPSA) is 112 Å². The normalized spacial score (nSPS) is 46.2. The number of hydrogen-bond acceptors (Lipinski definition) is 6. The van der Waals surface area contributed by atoms with Crippen LogP contribution in [0.5, 0.6) is 0 Å². The van der Waals surface area contributed by atoms with E-state index >= 15 is 0 Å². The van der Waals surface area contributed by atoms with Crippen molar-refractivity contribution in [2.75, 3.05) is 0 Å². The molecule has 1 amide bonds. The molecule has 132 valence electrons. The molecule has 0 spiro atoms. The van der Waals surface area contributed by atoms with Gasteiger partial charge in [-0.3, -0.25) is 10.1 Å². The summed E-state index contributed by atoms with van der Waals surface area (Å²) in [6.07, 6.45) is 9.14. The number of hydrogen-bond donors (Lipinski definition) is 5. The maximum Gasteiger partial charge on any atom is 0.282 e. The highest BCUT2D eigenvalue weighted by Gasteiger charge is 2.60. The lowest BCUT2D eigenvalue weighted by atomic mass is 9.49. The van der Waals surface area contributed by atoms with Crippen LogP contribution in [0.1, 0.15) is 45.4 Å². The number of amides is 1. The highest BCUT2D eigenvalue weighted by molar-refractivity contribution is 5.88. The van der Waals surface area contributed by atoms with Gasteiger partial charge in [0.05, 0.1) is 6.10 Å². The lowest BCUT2D eigenvalue weighted by Gasteiger charge is -2.64. The van der Waals surface area contributed by atoms with Crippen molar-refractivity contribution < 1.29 is 9.90 Å². The molecule has 7 heteroatoms. The first kappa shape index (κ1) is 15.9. The van der Waals surface area contributed by atoms with Crippen molar-refractivity contribution in [2.24, 2.45) is 22.6 Å². The van der Waals surface area contributed by atoms with Crippen LogP contribution in [0.3, 0.4) is 0 Å². The van der Waals surface area contributed by atoms with Gasteiger partial charge < -0.3 is 21.5 Å². The zero-order chi connectivity index (χ0) is 16.9. The molecule has 0 aromatic rings. The largest absolute Gasteiger partial charge is 0.393 e. The van der Waals surface area contributed by atoms with E-state index in [1.807, 2.05) is 6.08 Å². The number of aliphatic hydroxyl groups is 1. The average Bonchev–Trinajstić information content (AvgIpc) is 2.46. The number of nitrogens with zero attached hydrogens (tertiary/aromatic N) is 1. The molecule has 0 saturated heterocycles.